The molecule has 0 aromatic carbocycles. The number of unbranched alkanes of at least 4 members (excludes halogenated alkanes) is 1. The third-order valence-corrected chi connectivity index (χ3v) is 1.86. The van der Waals surface area contributed by atoms with Gasteiger partial charge in [-0.05, 0) is 18.8 Å². The Kier molecular flexibility index (Phi) is 6.98. The van der Waals surface area contributed by atoms with Crippen molar-refractivity contribution < 1.29 is 10.2 Å². The van der Waals surface area contributed by atoms with E-state index in [0.717, 1.165) is 25.7 Å². The Labute approximate surface area is 62.9 Å². The third-order valence-electron chi connectivity index (χ3n) is 1.86. The quantitative estimate of drug-likeness (QED) is 0.552. The topological polar surface area (TPSA) is 40.5 Å². The van der Waals surface area contributed by atoms with Crippen LogP contribution in [0.15, 0.2) is 0 Å². The van der Waals surface area contributed by atoms with Crippen molar-refractivity contribution in [1.82, 2.24) is 0 Å². The van der Waals surface area contributed by atoms with Gasteiger partial charge in [-0.3, -0.25) is 0 Å². The monoisotopic (exact) mass is 146 g/mol. The lowest BCUT2D eigenvalue weighted by Crippen LogP contribution is -2.04. The molecular weight excluding hydrogens is 128 g/mol. The summed E-state index contributed by atoms with van der Waals surface area (Å²) in [5.41, 5.74) is 0. The molecule has 62 valence electrons. The van der Waals surface area contributed by atoms with Crippen LogP contribution in [-0.2, 0) is 0 Å². The van der Waals surface area contributed by atoms with Crippen molar-refractivity contribution >= 4 is 0 Å². The van der Waals surface area contributed by atoms with Gasteiger partial charge in [0.2, 0.25) is 0 Å². The SMILES string of the molecule is CCC(CO)CCCCO. The van der Waals surface area contributed by atoms with Crippen molar-refractivity contribution in [3.05, 3.63) is 0 Å². The summed E-state index contributed by atoms with van der Waals surface area (Å²) in [6, 6.07) is 0. The molecule has 2 nitrogen and oxygen atoms in total. The van der Waals surface area contributed by atoms with E-state index in [1.165, 1.54) is 0 Å². The maximum Gasteiger partial charge on any atom is 0.0459 e. The van der Waals surface area contributed by atoms with Gasteiger partial charge in [-0.2, -0.15) is 0 Å². The van der Waals surface area contributed by atoms with Gasteiger partial charge in [0.1, 0.15) is 0 Å². The normalized spacial score (nSPS) is 13.5. The molecule has 0 spiro atoms. The Bertz CT molecular complexity index is 60.3. The van der Waals surface area contributed by atoms with E-state index in [-0.39, 0.29) is 6.61 Å². The molecule has 1 atom stereocenters. The first-order valence-electron chi connectivity index (χ1n) is 4.06. The molecule has 2 N–H and O–H groups in total. The molecule has 1 unspecified atom stereocenters. The van der Waals surface area contributed by atoms with Gasteiger partial charge in [-0.1, -0.05) is 19.8 Å². The largest absolute Gasteiger partial charge is 0.396 e. The number of aliphatic hydroxyl groups is 2. The Balaban J connectivity index is 3.09. The highest BCUT2D eigenvalue weighted by molar-refractivity contribution is 4.54. The smallest absolute Gasteiger partial charge is 0.0459 e. The zero-order valence-electron chi connectivity index (χ0n) is 6.71. The summed E-state index contributed by atoms with van der Waals surface area (Å²) in [4.78, 5) is 0. The molecule has 0 bridgehead atoms. The molecule has 0 aliphatic carbocycles. The summed E-state index contributed by atoms with van der Waals surface area (Å²) in [5, 5.41) is 17.2. The molecule has 0 aromatic heterocycles. The van der Waals surface area contributed by atoms with Crippen molar-refractivity contribution in [3.63, 3.8) is 0 Å². The summed E-state index contributed by atoms with van der Waals surface area (Å²) >= 11 is 0. The highest BCUT2D eigenvalue weighted by Gasteiger charge is 2.02. The van der Waals surface area contributed by atoms with Gasteiger partial charge in [-0.15, -0.1) is 0 Å². The predicted molar refractivity (Wildman–Crippen MR) is 41.8 cm³/mol. The summed E-state index contributed by atoms with van der Waals surface area (Å²) in [6.45, 7) is 2.66. The van der Waals surface area contributed by atoms with Crippen LogP contribution in [0.25, 0.3) is 0 Å². The van der Waals surface area contributed by atoms with Crippen molar-refractivity contribution in [1.29, 1.82) is 0 Å². The maximum atomic E-state index is 8.76. The van der Waals surface area contributed by atoms with Crippen LogP contribution in [0.3, 0.4) is 0 Å². The van der Waals surface area contributed by atoms with E-state index >= 15 is 0 Å². The Morgan fingerprint density at radius 3 is 2.30 bits per heavy atom. The van der Waals surface area contributed by atoms with Gasteiger partial charge in [0.05, 0.1) is 0 Å². The van der Waals surface area contributed by atoms with Crippen LogP contribution in [0.1, 0.15) is 32.6 Å². The molecule has 0 amide bonds. The van der Waals surface area contributed by atoms with E-state index in [2.05, 4.69) is 6.92 Å². The zero-order chi connectivity index (χ0) is 7.82. The molecule has 2 heteroatoms. The first-order valence-corrected chi connectivity index (χ1v) is 4.06. The van der Waals surface area contributed by atoms with E-state index in [9.17, 15) is 0 Å². The van der Waals surface area contributed by atoms with Crippen LogP contribution in [0.2, 0.25) is 0 Å². The minimum Gasteiger partial charge on any atom is -0.396 e. The van der Waals surface area contributed by atoms with Crippen LogP contribution in [-0.4, -0.2) is 23.4 Å². The fourth-order valence-corrected chi connectivity index (χ4v) is 0.969. The molecule has 0 rings (SSSR count). The fourth-order valence-electron chi connectivity index (χ4n) is 0.969. The number of hydrogen-bond acceptors (Lipinski definition) is 2. The van der Waals surface area contributed by atoms with Gasteiger partial charge in [0.15, 0.2) is 0 Å². The Morgan fingerprint density at radius 2 is 1.90 bits per heavy atom. The molecule has 0 fully saturated rings. The standard InChI is InChI=1S/C8H18O2/c1-2-8(7-10)5-3-4-6-9/h8-10H,2-7H2,1H3. The second-order valence-corrected chi connectivity index (χ2v) is 2.68. The fraction of sp³-hybridized carbons (Fsp3) is 1.00. The molecule has 0 aromatic rings. The van der Waals surface area contributed by atoms with Crippen molar-refractivity contribution in [2.24, 2.45) is 5.92 Å². The van der Waals surface area contributed by atoms with Crippen LogP contribution in [0.5, 0.6) is 0 Å². The van der Waals surface area contributed by atoms with E-state index in [1.54, 1.807) is 0 Å². The minimum absolute atomic E-state index is 0.280. The number of aliphatic hydroxyl groups excluding tert-OH is 2. The van der Waals surface area contributed by atoms with Crippen LogP contribution >= 0.6 is 0 Å². The lowest BCUT2D eigenvalue weighted by molar-refractivity contribution is 0.206. The maximum absolute atomic E-state index is 8.76. The summed E-state index contributed by atoms with van der Waals surface area (Å²) in [5.74, 6) is 0.451. The molecule has 0 heterocycles. The van der Waals surface area contributed by atoms with Crippen molar-refractivity contribution in [2.75, 3.05) is 13.2 Å². The highest BCUT2D eigenvalue weighted by atomic mass is 16.3. The zero-order valence-corrected chi connectivity index (χ0v) is 6.71. The summed E-state index contributed by atoms with van der Waals surface area (Å²) in [6.07, 6.45) is 4.00. The van der Waals surface area contributed by atoms with Gasteiger partial charge < -0.3 is 10.2 Å². The highest BCUT2D eigenvalue weighted by Crippen LogP contribution is 2.10. The second kappa shape index (κ2) is 7.03. The summed E-state index contributed by atoms with van der Waals surface area (Å²) in [7, 11) is 0. The third kappa shape index (κ3) is 4.77. The Hall–Kier alpha value is -0.0800. The molecule has 0 saturated carbocycles. The first-order chi connectivity index (χ1) is 4.85. The van der Waals surface area contributed by atoms with Crippen molar-refractivity contribution in [2.45, 2.75) is 32.6 Å². The first kappa shape index (κ1) is 9.92. The van der Waals surface area contributed by atoms with Crippen LogP contribution in [0, 0.1) is 5.92 Å². The molecule has 0 saturated heterocycles. The second-order valence-electron chi connectivity index (χ2n) is 2.68. The molecule has 0 aliphatic rings. The minimum atomic E-state index is 0.280. The van der Waals surface area contributed by atoms with Gasteiger partial charge >= 0.3 is 0 Å². The Morgan fingerprint density at radius 1 is 1.20 bits per heavy atom. The van der Waals surface area contributed by atoms with Gasteiger partial charge in [-0.25, -0.2) is 0 Å². The average molecular weight is 146 g/mol. The van der Waals surface area contributed by atoms with E-state index < -0.39 is 0 Å². The molecule has 0 aliphatic heterocycles. The number of hydrogen-bond donors (Lipinski definition) is 2. The average Bonchev–Trinajstić information content (AvgIpc) is 1.99. The predicted octanol–water partition coefficient (Wildman–Crippen LogP) is 1.17. The molecule has 0 radical (unpaired) electrons. The van der Waals surface area contributed by atoms with Crippen molar-refractivity contribution in [3.8, 4) is 0 Å². The number of rotatable bonds is 6. The lowest BCUT2D eigenvalue weighted by Gasteiger charge is -2.09. The van der Waals surface area contributed by atoms with Gasteiger partial charge in [0.25, 0.3) is 0 Å². The molecular formula is C8H18O2. The molecule has 10 heavy (non-hydrogen) atoms. The van der Waals surface area contributed by atoms with E-state index in [4.69, 9.17) is 10.2 Å². The van der Waals surface area contributed by atoms with Crippen LogP contribution in [0.4, 0.5) is 0 Å². The van der Waals surface area contributed by atoms with Gasteiger partial charge in [0, 0.05) is 13.2 Å². The van der Waals surface area contributed by atoms with Crippen LogP contribution < -0.4 is 0 Å². The summed E-state index contributed by atoms with van der Waals surface area (Å²) < 4.78 is 0. The van der Waals surface area contributed by atoms with E-state index in [1.807, 2.05) is 0 Å². The lowest BCUT2D eigenvalue weighted by atomic mass is 10.0. The van der Waals surface area contributed by atoms with E-state index in [0.29, 0.717) is 12.5 Å².